The molecule has 4 rings (SSSR count). The Labute approximate surface area is 189 Å². The summed E-state index contributed by atoms with van der Waals surface area (Å²) in [5, 5.41) is 0.656. The number of rotatable bonds is 4. The molecule has 1 aromatic heterocycles. The molecule has 0 spiro atoms. The Morgan fingerprint density at radius 1 is 0.968 bits per heavy atom. The summed E-state index contributed by atoms with van der Waals surface area (Å²) in [5.41, 5.74) is 4.82. The van der Waals surface area contributed by atoms with Gasteiger partial charge in [-0.2, -0.15) is 0 Å². The first kappa shape index (κ1) is 21.6. The van der Waals surface area contributed by atoms with Crippen molar-refractivity contribution in [3.05, 3.63) is 83.2 Å². The zero-order chi connectivity index (χ0) is 22.2. The van der Waals surface area contributed by atoms with Crippen molar-refractivity contribution in [2.24, 2.45) is 0 Å². The van der Waals surface area contributed by atoms with E-state index in [1.54, 1.807) is 0 Å². The van der Waals surface area contributed by atoms with Crippen molar-refractivity contribution in [1.82, 2.24) is 9.97 Å². The Morgan fingerprint density at radius 3 is 2.26 bits per heavy atom. The average Bonchev–Trinajstić information content (AvgIpc) is 2.71. The summed E-state index contributed by atoms with van der Waals surface area (Å²) in [6, 6.07) is 20.9. The van der Waals surface area contributed by atoms with Crippen LogP contribution >= 0.6 is 11.8 Å². The molecule has 0 N–H and O–H groups in total. The number of benzene rings is 2. The Balaban J connectivity index is 1.69. The van der Waals surface area contributed by atoms with Crippen LogP contribution in [-0.2, 0) is 10.2 Å². The lowest BCUT2D eigenvalue weighted by Gasteiger charge is -2.51. The van der Waals surface area contributed by atoms with Gasteiger partial charge in [-0.15, -0.1) is 0 Å². The number of anilines is 1. The van der Waals surface area contributed by atoms with E-state index in [0.29, 0.717) is 10.9 Å². The molecule has 5 heteroatoms. The third-order valence-corrected chi connectivity index (χ3v) is 6.91. The van der Waals surface area contributed by atoms with Gasteiger partial charge in [-0.3, -0.25) is 4.79 Å². The van der Waals surface area contributed by atoms with Crippen LogP contribution in [0.15, 0.2) is 65.8 Å². The molecule has 160 valence electrons. The summed E-state index contributed by atoms with van der Waals surface area (Å²) in [7, 11) is 0. The topological polar surface area (TPSA) is 46.1 Å². The molecular formula is C26H29N3OS. The number of hydrogen-bond acceptors (Lipinski definition) is 4. The molecule has 0 aliphatic carbocycles. The molecule has 0 saturated carbocycles. The molecule has 0 radical (unpaired) electrons. The van der Waals surface area contributed by atoms with Crippen LogP contribution in [0.4, 0.5) is 5.69 Å². The first-order chi connectivity index (χ1) is 14.7. The number of para-hydroxylation sites is 1. The first-order valence-corrected chi connectivity index (χ1v) is 11.6. The van der Waals surface area contributed by atoms with Crippen molar-refractivity contribution < 1.29 is 4.79 Å². The lowest BCUT2D eigenvalue weighted by Crippen LogP contribution is -2.56. The van der Waals surface area contributed by atoms with Crippen LogP contribution in [0, 0.1) is 13.8 Å². The van der Waals surface area contributed by atoms with Gasteiger partial charge in [-0.25, -0.2) is 9.97 Å². The molecular weight excluding hydrogens is 402 g/mol. The number of carbonyl (C=O) groups is 1. The van der Waals surface area contributed by atoms with Gasteiger partial charge in [0.15, 0.2) is 5.16 Å². The normalized spacial score (nSPS) is 19.7. The van der Waals surface area contributed by atoms with E-state index in [1.165, 1.54) is 22.9 Å². The van der Waals surface area contributed by atoms with E-state index in [4.69, 9.17) is 0 Å². The zero-order valence-corrected chi connectivity index (χ0v) is 19.7. The van der Waals surface area contributed by atoms with Crippen LogP contribution < -0.4 is 4.90 Å². The highest BCUT2D eigenvalue weighted by atomic mass is 32.2. The second-order valence-electron chi connectivity index (χ2n) is 9.16. The number of aryl methyl sites for hydroxylation is 2. The lowest BCUT2D eigenvalue weighted by atomic mass is 9.65. The minimum atomic E-state index is -0.333. The number of fused-ring (bicyclic) bond motifs is 1. The van der Waals surface area contributed by atoms with Crippen molar-refractivity contribution in [3.8, 4) is 0 Å². The number of amides is 1. The van der Waals surface area contributed by atoms with Crippen molar-refractivity contribution in [2.75, 3.05) is 10.7 Å². The third kappa shape index (κ3) is 4.11. The molecule has 3 aromatic rings. The van der Waals surface area contributed by atoms with Crippen molar-refractivity contribution >= 4 is 23.4 Å². The van der Waals surface area contributed by atoms with Crippen LogP contribution in [-0.4, -0.2) is 27.2 Å². The SMILES string of the molecule is Cc1cc(C)nc(SCC(=O)N2c3ccccc3C(C)(c3ccccc3)CC2(C)C)n1. The van der Waals surface area contributed by atoms with Crippen molar-refractivity contribution in [2.45, 2.75) is 57.1 Å². The number of hydrogen-bond donors (Lipinski definition) is 0. The van der Waals surface area contributed by atoms with Gasteiger partial charge >= 0.3 is 0 Å². The molecule has 2 aromatic carbocycles. The van der Waals surface area contributed by atoms with E-state index in [1.807, 2.05) is 30.9 Å². The van der Waals surface area contributed by atoms with Gasteiger partial charge in [-0.1, -0.05) is 67.2 Å². The minimum absolute atomic E-state index is 0.0836. The van der Waals surface area contributed by atoms with E-state index in [9.17, 15) is 4.79 Å². The van der Waals surface area contributed by atoms with Crippen LogP contribution in [0.2, 0.25) is 0 Å². The fraction of sp³-hybridized carbons (Fsp3) is 0.346. The maximum absolute atomic E-state index is 13.5. The first-order valence-electron chi connectivity index (χ1n) is 10.6. The summed E-state index contributed by atoms with van der Waals surface area (Å²) in [6.07, 6.45) is 0.845. The summed E-state index contributed by atoms with van der Waals surface area (Å²) in [6.45, 7) is 10.5. The monoisotopic (exact) mass is 431 g/mol. The molecule has 1 aliphatic heterocycles. The predicted octanol–water partition coefficient (Wildman–Crippen LogP) is 5.71. The highest BCUT2D eigenvalue weighted by Crippen LogP contribution is 2.50. The molecule has 4 nitrogen and oxygen atoms in total. The number of nitrogens with zero attached hydrogens (tertiary/aromatic N) is 3. The Bertz CT molecular complexity index is 1090. The van der Waals surface area contributed by atoms with Gasteiger partial charge in [0.1, 0.15) is 0 Å². The average molecular weight is 432 g/mol. The minimum Gasteiger partial charge on any atom is -0.306 e. The highest BCUT2D eigenvalue weighted by molar-refractivity contribution is 7.99. The quantitative estimate of drug-likeness (QED) is 0.392. The van der Waals surface area contributed by atoms with E-state index in [-0.39, 0.29) is 16.9 Å². The van der Waals surface area contributed by atoms with Gasteiger partial charge in [0.25, 0.3) is 0 Å². The number of thioether (sulfide) groups is 1. The van der Waals surface area contributed by atoms with Crippen molar-refractivity contribution in [1.29, 1.82) is 0 Å². The van der Waals surface area contributed by atoms with Crippen molar-refractivity contribution in [3.63, 3.8) is 0 Å². The maximum atomic E-state index is 13.5. The standard InChI is InChI=1S/C26H29N3OS/c1-18-15-19(2)28-24(27-18)31-16-23(30)29-22-14-10-9-13-21(22)26(5,17-25(29,3)4)20-11-7-6-8-12-20/h6-15H,16-17H2,1-5H3. The van der Waals surface area contributed by atoms with Crippen LogP contribution in [0.1, 0.15) is 49.7 Å². The van der Waals surface area contributed by atoms with E-state index in [0.717, 1.165) is 23.5 Å². The molecule has 1 amide bonds. The molecule has 0 bridgehead atoms. The van der Waals surface area contributed by atoms with E-state index in [2.05, 4.69) is 79.3 Å². The van der Waals surface area contributed by atoms with E-state index < -0.39 is 0 Å². The molecule has 1 aliphatic rings. The van der Waals surface area contributed by atoms with Crippen LogP contribution in [0.3, 0.4) is 0 Å². The summed E-state index contributed by atoms with van der Waals surface area (Å²) in [4.78, 5) is 24.5. The van der Waals surface area contributed by atoms with Gasteiger partial charge in [-0.05, 0) is 57.4 Å². The van der Waals surface area contributed by atoms with E-state index >= 15 is 0 Å². The second-order valence-corrected chi connectivity index (χ2v) is 10.1. The Morgan fingerprint density at radius 2 is 1.58 bits per heavy atom. The fourth-order valence-corrected chi connectivity index (χ4v) is 5.78. The lowest BCUT2D eigenvalue weighted by molar-refractivity contribution is -0.117. The molecule has 2 heterocycles. The smallest absolute Gasteiger partial charge is 0.237 e. The second kappa shape index (κ2) is 8.12. The predicted molar refractivity (Wildman–Crippen MR) is 128 cm³/mol. The van der Waals surface area contributed by atoms with Gasteiger partial charge in [0.2, 0.25) is 5.91 Å². The fourth-order valence-electron chi connectivity index (χ4n) is 4.99. The third-order valence-electron chi connectivity index (χ3n) is 6.08. The molecule has 0 saturated heterocycles. The highest BCUT2D eigenvalue weighted by Gasteiger charge is 2.47. The van der Waals surface area contributed by atoms with Crippen LogP contribution in [0.5, 0.6) is 0 Å². The number of aromatic nitrogens is 2. The Hall–Kier alpha value is -2.66. The van der Waals surface area contributed by atoms with Crippen LogP contribution in [0.25, 0.3) is 0 Å². The molecule has 31 heavy (non-hydrogen) atoms. The molecule has 1 atom stereocenters. The summed E-state index contributed by atoms with van der Waals surface area (Å²) >= 11 is 1.41. The molecule has 0 fully saturated rings. The molecule has 1 unspecified atom stereocenters. The summed E-state index contributed by atoms with van der Waals surface area (Å²) in [5.74, 6) is 0.392. The van der Waals surface area contributed by atoms with Gasteiger partial charge < -0.3 is 4.90 Å². The van der Waals surface area contributed by atoms with Gasteiger partial charge in [0.05, 0.1) is 5.75 Å². The number of carbonyl (C=O) groups excluding carboxylic acids is 1. The Kier molecular flexibility index (Phi) is 5.65. The largest absolute Gasteiger partial charge is 0.306 e. The summed E-state index contributed by atoms with van der Waals surface area (Å²) < 4.78 is 0. The maximum Gasteiger partial charge on any atom is 0.237 e. The zero-order valence-electron chi connectivity index (χ0n) is 18.8. The van der Waals surface area contributed by atoms with Gasteiger partial charge in [0, 0.05) is 28.0 Å².